The fourth-order valence-corrected chi connectivity index (χ4v) is 6.19. The maximum atomic E-state index is 12.5. The Labute approximate surface area is 172 Å². The molecule has 2 N–H and O–H groups in total. The van der Waals surface area contributed by atoms with E-state index in [0.717, 1.165) is 23.3 Å². The fourth-order valence-electron chi connectivity index (χ4n) is 6.19. The van der Waals surface area contributed by atoms with Crippen LogP contribution in [-0.4, -0.2) is 26.0 Å². The second kappa shape index (κ2) is 8.09. The quantitative estimate of drug-likeness (QED) is 0.568. The second-order valence-electron chi connectivity index (χ2n) is 9.07. The van der Waals surface area contributed by atoms with E-state index in [2.05, 4.69) is 10.9 Å². The maximum absolute atomic E-state index is 12.5. The first-order valence-electron chi connectivity index (χ1n) is 10.5. The van der Waals surface area contributed by atoms with Gasteiger partial charge in [0, 0.05) is 24.1 Å². The first kappa shape index (κ1) is 19.8. The Kier molecular flexibility index (Phi) is 5.52. The van der Waals surface area contributed by atoms with Crippen LogP contribution in [0.5, 0.6) is 11.5 Å². The summed E-state index contributed by atoms with van der Waals surface area (Å²) in [4.78, 5) is 24.6. The molecule has 0 aliphatic heterocycles. The van der Waals surface area contributed by atoms with Gasteiger partial charge in [0.2, 0.25) is 5.91 Å². The van der Waals surface area contributed by atoms with Crippen LogP contribution in [0.3, 0.4) is 0 Å². The number of rotatable bonds is 6. The van der Waals surface area contributed by atoms with Crippen molar-refractivity contribution in [2.75, 3.05) is 14.2 Å². The molecule has 2 amide bonds. The predicted molar refractivity (Wildman–Crippen MR) is 110 cm³/mol. The number of ether oxygens (including phenoxy) is 2. The van der Waals surface area contributed by atoms with Crippen molar-refractivity contribution >= 4 is 17.9 Å². The minimum Gasteiger partial charge on any atom is -0.497 e. The molecular formula is C23H30N2O4. The Morgan fingerprint density at radius 1 is 1.03 bits per heavy atom. The van der Waals surface area contributed by atoms with Crippen LogP contribution >= 0.6 is 0 Å². The van der Waals surface area contributed by atoms with Gasteiger partial charge in [0.1, 0.15) is 11.5 Å². The van der Waals surface area contributed by atoms with Crippen molar-refractivity contribution in [3.63, 3.8) is 0 Å². The van der Waals surface area contributed by atoms with Crippen LogP contribution < -0.4 is 20.3 Å². The summed E-state index contributed by atoms with van der Waals surface area (Å²) in [6.45, 7) is 0. The number of hydrogen-bond donors (Lipinski definition) is 2. The molecule has 4 fully saturated rings. The average Bonchev–Trinajstić information content (AvgIpc) is 2.69. The van der Waals surface area contributed by atoms with Gasteiger partial charge < -0.3 is 9.47 Å². The van der Waals surface area contributed by atoms with E-state index in [0.29, 0.717) is 17.9 Å². The summed E-state index contributed by atoms with van der Waals surface area (Å²) < 4.78 is 10.5. The first-order chi connectivity index (χ1) is 14.0. The van der Waals surface area contributed by atoms with Gasteiger partial charge in [-0.25, -0.2) is 0 Å². The Morgan fingerprint density at radius 2 is 1.69 bits per heavy atom. The summed E-state index contributed by atoms with van der Waals surface area (Å²) in [5.74, 6) is 3.26. The zero-order chi connectivity index (χ0) is 20.4. The van der Waals surface area contributed by atoms with Gasteiger partial charge in [-0.15, -0.1) is 0 Å². The monoisotopic (exact) mass is 398 g/mol. The lowest BCUT2D eigenvalue weighted by atomic mass is 9.49. The Bertz CT molecular complexity index is 782. The number of methoxy groups -OCH3 is 2. The van der Waals surface area contributed by atoms with Crippen molar-refractivity contribution in [3.8, 4) is 11.5 Å². The van der Waals surface area contributed by atoms with Crippen LogP contribution in [-0.2, 0) is 9.59 Å². The molecule has 5 rings (SSSR count). The molecule has 0 heterocycles. The van der Waals surface area contributed by atoms with Crippen molar-refractivity contribution in [1.29, 1.82) is 0 Å². The number of hydrogen-bond acceptors (Lipinski definition) is 4. The Morgan fingerprint density at radius 3 is 2.28 bits per heavy atom. The zero-order valence-corrected chi connectivity index (χ0v) is 17.2. The molecule has 0 radical (unpaired) electrons. The molecular weight excluding hydrogens is 368 g/mol. The highest BCUT2D eigenvalue weighted by atomic mass is 16.5. The topological polar surface area (TPSA) is 76.7 Å². The molecule has 0 spiro atoms. The molecule has 6 heteroatoms. The van der Waals surface area contributed by atoms with Crippen molar-refractivity contribution in [2.45, 2.75) is 44.9 Å². The standard InChI is InChI=1S/C23H30N2O4/c1-28-19-5-3-18(20(10-19)29-2)4-6-21(26)24-25-22(27)14-23-11-15-7-16(12-23)9-17(8-15)13-23/h3-6,10,15-17H,7-9,11-14H2,1-2H3,(H,24,26)(H,25,27)/b6-4+. The summed E-state index contributed by atoms with van der Waals surface area (Å²) >= 11 is 0. The third-order valence-electron chi connectivity index (χ3n) is 6.88. The van der Waals surface area contributed by atoms with Gasteiger partial charge in [0.25, 0.3) is 5.91 Å². The van der Waals surface area contributed by atoms with Gasteiger partial charge in [-0.1, -0.05) is 0 Å². The van der Waals surface area contributed by atoms with Gasteiger partial charge in [0.05, 0.1) is 14.2 Å². The molecule has 4 bridgehead atoms. The van der Waals surface area contributed by atoms with E-state index in [-0.39, 0.29) is 17.2 Å². The van der Waals surface area contributed by atoms with Crippen LogP contribution in [0, 0.1) is 23.2 Å². The van der Waals surface area contributed by atoms with Crippen LogP contribution in [0.4, 0.5) is 0 Å². The molecule has 4 aliphatic carbocycles. The number of hydrazine groups is 1. The number of carbonyl (C=O) groups excluding carboxylic acids is 2. The molecule has 0 atom stereocenters. The molecule has 1 aromatic rings. The smallest absolute Gasteiger partial charge is 0.262 e. The molecule has 156 valence electrons. The fraction of sp³-hybridized carbons (Fsp3) is 0.565. The van der Waals surface area contributed by atoms with Crippen molar-refractivity contribution in [1.82, 2.24) is 10.9 Å². The van der Waals surface area contributed by atoms with E-state index in [1.165, 1.54) is 44.6 Å². The normalized spacial score (nSPS) is 29.7. The summed E-state index contributed by atoms with van der Waals surface area (Å²) in [5, 5.41) is 0. The van der Waals surface area contributed by atoms with Crippen molar-refractivity contribution in [3.05, 3.63) is 29.8 Å². The lowest BCUT2D eigenvalue weighted by Gasteiger charge is -2.56. The Balaban J connectivity index is 1.29. The van der Waals surface area contributed by atoms with Gasteiger partial charge in [-0.3, -0.25) is 20.4 Å². The minimum atomic E-state index is -0.373. The number of benzene rings is 1. The van der Waals surface area contributed by atoms with E-state index in [4.69, 9.17) is 9.47 Å². The van der Waals surface area contributed by atoms with E-state index in [9.17, 15) is 9.59 Å². The number of nitrogens with one attached hydrogen (secondary N) is 2. The molecule has 0 saturated heterocycles. The molecule has 0 unspecified atom stereocenters. The summed E-state index contributed by atoms with van der Waals surface area (Å²) in [5.41, 5.74) is 6.02. The average molecular weight is 399 g/mol. The highest BCUT2D eigenvalue weighted by Crippen LogP contribution is 2.61. The molecule has 0 aromatic heterocycles. The van der Waals surface area contributed by atoms with Gasteiger partial charge in [0.15, 0.2) is 0 Å². The molecule has 4 aliphatic rings. The third kappa shape index (κ3) is 4.41. The van der Waals surface area contributed by atoms with E-state index >= 15 is 0 Å². The summed E-state index contributed by atoms with van der Waals surface area (Å²) in [7, 11) is 3.15. The van der Waals surface area contributed by atoms with E-state index in [1.807, 2.05) is 6.07 Å². The maximum Gasteiger partial charge on any atom is 0.262 e. The summed E-state index contributed by atoms with van der Waals surface area (Å²) in [6, 6.07) is 5.37. The zero-order valence-electron chi connectivity index (χ0n) is 17.2. The molecule has 29 heavy (non-hydrogen) atoms. The first-order valence-corrected chi connectivity index (χ1v) is 10.5. The van der Waals surface area contributed by atoms with Crippen LogP contribution in [0.25, 0.3) is 6.08 Å². The SMILES string of the molecule is COc1ccc(/C=C/C(=O)NNC(=O)CC23CC4CC(CC(C4)C2)C3)c(OC)c1. The van der Waals surface area contributed by atoms with Crippen molar-refractivity contribution < 1.29 is 19.1 Å². The van der Waals surface area contributed by atoms with Gasteiger partial charge >= 0.3 is 0 Å². The Hall–Kier alpha value is -2.50. The second-order valence-corrected chi connectivity index (χ2v) is 9.07. The minimum absolute atomic E-state index is 0.0873. The molecule has 6 nitrogen and oxygen atoms in total. The van der Waals surface area contributed by atoms with Gasteiger partial charge in [-0.2, -0.15) is 0 Å². The number of carbonyl (C=O) groups is 2. The predicted octanol–water partition coefficient (Wildman–Crippen LogP) is 3.47. The van der Waals surface area contributed by atoms with E-state index in [1.54, 1.807) is 32.4 Å². The molecule has 1 aromatic carbocycles. The molecule has 4 saturated carbocycles. The van der Waals surface area contributed by atoms with Crippen LogP contribution in [0.2, 0.25) is 0 Å². The van der Waals surface area contributed by atoms with E-state index < -0.39 is 0 Å². The highest BCUT2D eigenvalue weighted by Gasteiger charge is 2.51. The lowest BCUT2D eigenvalue weighted by molar-refractivity contribution is -0.133. The van der Waals surface area contributed by atoms with Crippen LogP contribution in [0.15, 0.2) is 24.3 Å². The number of amides is 2. The lowest BCUT2D eigenvalue weighted by Crippen LogP contribution is -2.49. The largest absolute Gasteiger partial charge is 0.497 e. The van der Waals surface area contributed by atoms with Crippen molar-refractivity contribution in [2.24, 2.45) is 23.2 Å². The highest BCUT2D eigenvalue weighted by molar-refractivity contribution is 5.93. The van der Waals surface area contributed by atoms with Crippen LogP contribution in [0.1, 0.15) is 50.5 Å². The summed E-state index contributed by atoms with van der Waals surface area (Å²) in [6.07, 6.45) is 11.2. The third-order valence-corrected chi connectivity index (χ3v) is 6.88. The van der Waals surface area contributed by atoms with Gasteiger partial charge in [-0.05, 0) is 79.9 Å².